The van der Waals surface area contributed by atoms with Gasteiger partial charge in [0.15, 0.2) is 12.2 Å². The molecule has 624 valence electrons. The third-order valence-corrected chi connectivity index (χ3v) is 22.2. The normalized spacial score (nSPS) is 13.8. The fourth-order valence-corrected chi connectivity index (χ4v) is 15.1. The van der Waals surface area contributed by atoms with Gasteiger partial charge in [-0.2, -0.15) is 0 Å². The van der Waals surface area contributed by atoms with Crippen LogP contribution in [0.15, 0.2) is 0 Å². The third-order valence-electron chi connectivity index (χ3n) is 20.3. The molecule has 0 radical (unpaired) electrons. The Morgan fingerprint density at radius 3 is 0.648 bits per heavy atom. The number of unbranched alkanes of at least 4 members (excludes halogenated alkanes) is 58. The second-order valence-electron chi connectivity index (χ2n) is 31.4. The van der Waals surface area contributed by atoms with Crippen LogP contribution in [0.1, 0.15) is 465 Å². The zero-order valence-corrected chi connectivity index (χ0v) is 70.7. The second-order valence-corrected chi connectivity index (χ2v) is 34.3. The molecule has 0 fully saturated rings. The van der Waals surface area contributed by atoms with E-state index in [0.29, 0.717) is 25.7 Å². The van der Waals surface area contributed by atoms with E-state index in [1.165, 1.54) is 289 Å². The largest absolute Gasteiger partial charge is 0.472 e. The number of hydrogen-bond acceptors (Lipinski definition) is 15. The average molecular weight is 1540 g/mol. The van der Waals surface area contributed by atoms with E-state index >= 15 is 0 Å². The van der Waals surface area contributed by atoms with Gasteiger partial charge in [0.05, 0.1) is 26.4 Å². The Labute approximate surface area is 645 Å². The molecule has 0 aromatic rings. The summed E-state index contributed by atoms with van der Waals surface area (Å²) >= 11 is 0. The molecule has 105 heavy (non-hydrogen) atoms. The highest BCUT2D eigenvalue weighted by atomic mass is 31.2. The lowest BCUT2D eigenvalue weighted by atomic mass is 10.0. The molecular formula is C86H168O17P2. The monoisotopic (exact) mass is 1540 g/mol. The first kappa shape index (κ1) is 103. The van der Waals surface area contributed by atoms with Crippen LogP contribution in [0.5, 0.6) is 0 Å². The van der Waals surface area contributed by atoms with Crippen molar-refractivity contribution >= 4 is 39.5 Å². The highest BCUT2D eigenvalue weighted by molar-refractivity contribution is 7.47. The molecule has 0 bridgehead atoms. The van der Waals surface area contributed by atoms with Crippen molar-refractivity contribution in [2.24, 2.45) is 5.92 Å². The van der Waals surface area contributed by atoms with Crippen molar-refractivity contribution in [2.45, 2.75) is 483 Å². The van der Waals surface area contributed by atoms with Gasteiger partial charge in [-0.15, -0.1) is 0 Å². The maximum Gasteiger partial charge on any atom is 0.472 e. The van der Waals surface area contributed by atoms with Crippen molar-refractivity contribution in [3.8, 4) is 0 Å². The Kier molecular flexibility index (Phi) is 77.3. The quantitative estimate of drug-likeness (QED) is 0.0222. The van der Waals surface area contributed by atoms with Gasteiger partial charge in [-0.1, -0.05) is 413 Å². The van der Waals surface area contributed by atoms with Crippen LogP contribution >= 0.6 is 15.6 Å². The van der Waals surface area contributed by atoms with Crippen LogP contribution in [0.3, 0.4) is 0 Å². The first-order valence-electron chi connectivity index (χ1n) is 44.6. The molecule has 17 nitrogen and oxygen atoms in total. The summed E-state index contributed by atoms with van der Waals surface area (Å²) < 4.78 is 68.8. The SMILES string of the molecule is CCCCCCCCCCCCCCCCCCCCCCCCC(=O)O[C@H](COC(=O)CCCCCCCCCCCCCCCCCCCCC(C)C)COP(=O)(O)OC[C@@H](O)COP(=O)(O)OC[C@@H](COC(=O)CCCCCCCCCCCCC)OC(=O)CCCCCCCCCCCCC. The first-order valence-corrected chi connectivity index (χ1v) is 47.6. The molecule has 0 rings (SSSR count). The molecule has 3 N–H and O–H groups in total. The molecule has 0 aromatic carbocycles. The Hall–Kier alpha value is -1.94. The number of hydrogen-bond donors (Lipinski definition) is 3. The maximum absolute atomic E-state index is 13.1. The lowest BCUT2D eigenvalue weighted by Gasteiger charge is -2.21. The molecule has 0 heterocycles. The lowest BCUT2D eigenvalue weighted by molar-refractivity contribution is -0.161. The van der Waals surface area contributed by atoms with E-state index in [1.54, 1.807) is 0 Å². The van der Waals surface area contributed by atoms with Gasteiger partial charge in [-0.25, -0.2) is 9.13 Å². The van der Waals surface area contributed by atoms with Crippen molar-refractivity contribution in [1.82, 2.24) is 0 Å². The fraction of sp³-hybridized carbons (Fsp3) is 0.953. The highest BCUT2D eigenvalue weighted by Gasteiger charge is 2.30. The number of phosphoric ester groups is 2. The zero-order valence-electron chi connectivity index (χ0n) is 68.9. The van der Waals surface area contributed by atoms with Crippen molar-refractivity contribution in [2.75, 3.05) is 39.6 Å². The van der Waals surface area contributed by atoms with Crippen LogP contribution in [-0.2, 0) is 65.4 Å². The van der Waals surface area contributed by atoms with Gasteiger partial charge in [0, 0.05) is 25.7 Å². The van der Waals surface area contributed by atoms with E-state index in [4.69, 9.17) is 37.0 Å². The first-order chi connectivity index (χ1) is 51.0. The van der Waals surface area contributed by atoms with Crippen LogP contribution < -0.4 is 0 Å². The van der Waals surface area contributed by atoms with Crippen LogP contribution in [0, 0.1) is 5.92 Å². The van der Waals surface area contributed by atoms with Crippen LogP contribution in [0.4, 0.5) is 0 Å². The summed E-state index contributed by atoms with van der Waals surface area (Å²) in [5, 5.41) is 10.7. The molecular weight excluding hydrogens is 1370 g/mol. The molecule has 5 atom stereocenters. The fourth-order valence-electron chi connectivity index (χ4n) is 13.5. The topological polar surface area (TPSA) is 237 Å². The van der Waals surface area contributed by atoms with E-state index in [0.717, 1.165) is 95.8 Å². The van der Waals surface area contributed by atoms with Gasteiger partial charge in [0.2, 0.25) is 0 Å². The third kappa shape index (κ3) is 79.9. The molecule has 0 aliphatic heterocycles. The predicted molar refractivity (Wildman–Crippen MR) is 432 cm³/mol. The summed E-state index contributed by atoms with van der Waals surface area (Å²) in [6.07, 6.45) is 72.3. The van der Waals surface area contributed by atoms with Crippen molar-refractivity contribution in [3.63, 3.8) is 0 Å². The van der Waals surface area contributed by atoms with Gasteiger partial charge in [0.25, 0.3) is 0 Å². The zero-order chi connectivity index (χ0) is 76.9. The van der Waals surface area contributed by atoms with E-state index in [9.17, 15) is 43.2 Å². The van der Waals surface area contributed by atoms with E-state index < -0.39 is 97.5 Å². The van der Waals surface area contributed by atoms with E-state index in [1.807, 2.05) is 0 Å². The van der Waals surface area contributed by atoms with Crippen LogP contribution in [-0.4, -0.2) is 96.7 Å². The Balaban J connectivity index is 5.18. The number of aliphatic hydroxyl groups is 1. The predicted octanol–water partition coefficient (Wildman–Crippen LogP) is 26.4. The van der Waals surface area contributed by atoms with E-state index in [2.05, 4.69) is 34.6 Å². The van der Waals surface area contributed by atoms with Gasteiger partial charge in [0.1, 0.15) is 19.3 Å². The summed E-state index contributed by atoms with van der Waals surface area (Å²) in [5.74, 6) is -1.28. The minimum atomic E-state index is -4.96. The van der Waals surface area contributed by atoms with E-state index in [-0.39, 0.29) is 25.7 Å². The minimum absolute atomic E-state index is 0.108. The summed E-state index contributed by atoms with van der Waals surface area (Å²) in [4.78, 5) is 73.1. The lowest BCUT2D eigenvalue weighted by Crippen LogP contribution is -2.30. The smallest absolute Gasteiger partial charge is 0.462 e. The standard InChI is InChI=1S/C86H168O17P2/c1-6-9-12-15-18-21-24-25-26-27-28-29-30-31-36-39-42-47-52-57-62-67-72-86(91)103-82(76-97-84(89)70-65-60-55-50-46-41-38-35-33-32-34-37-40-45-48-53-58-63-68-79(4)5)78-101-105(94,95)99-74-80(87)73-98-104(92,93)100-77-81(102-85(90)71-66-61-56-51-44-23-20-17-14-11-8-3)75-96-83(88)69-64-59-54-49-43-22-19-16-13-10-7-2/h79-82,87H,6-78H2,1-5H3,(H,92,93)(H,94,95)/t80-,81+,82+/m0/s1. The average Bonchev–Trinajstić information content (AvgIpc) is 0.902. The highest BCUT2D eigenvalue weighted by Crippen LogP contribution is 2.45. The number of phosphoric acid groups is 2. The summed E-state index contributed by atoms with van der Waals surface area (Å²) in [6.45, 7) is 7.38. The van der Waals surface area contributed by atoms with Crippen molar-refractivity contribution in [1.29, 1.82) is 0 Å². The summed E-state index contributed by atoms with van der Waals surface area (Å²) in [7, 11) is -9.92. The molecule has 0 aromatic heterocycles. The summed E-state index contributed by atoms with van der Waals surface area (Å²) in [6, 6.07) is 0. The van der Waals surface area contributed by atoms with Gasteiger partial charge < -0.3 is 33.8 Å². The molecule has 0 saturated carbocycles. The molecule has 2 unspecified atom stereocenters. The Morgan fingerprint density at radius 1 is 0.257 bits per heavy atom. The minimum Gasteiger partial charge on any atom is -0.462 e. The summed E-state index contributed by atoms with van der Waals surface area (Å²) in [5.41, 5.74) is 0. The molecule has 0 aliphatic rings. The molecule has 0 saturated heterocycles. The van der Waals surface area contributed by atoms with Crippen molar-refractivity contribution < 1.29 is 80.2 Å². The number of rotatable bonds is 86. The number of ether oxygens (including phenoxy) is 4. The van der Waals surface area contributed by atoms with Gasteiger partial charge in [-0.05, 0) is 31.6 Å². The molecule has 0 amide bonds. The molecule has 0 spiro atoms. The number of carbonyl (C=O) groups is 4. The molecule has 19 heteroatoms. The van der Waals surface area contributed by atoms with Gasteiger partial charge in [-0.3, -0.25) is 37.3 Å². The van der Waals surface area contributed by atoms with Crippen LogP contribution in [0.25, 0.3) is 0 Å². The number of carbonyl (C=O) groups excluding carboxylic acids is 4. The molecule has 0 aliphatic carbocycles. The number of esters is 4. The van der Waals surface area contributed by atoms with Crippen molar-refractivity contribution in [3.05, 3.63) is 0 Å². The van der Waals surface area contributed by atoms with Crippen LogP contribution in [0.2, 0.25) is 0 Å². The maximum atomic E-state index is 13.1. The Morgan fingerprint density at radius 2 is 0.438 bits per heavy atom. The number of aliphatic hydroxyl groups excluding tert-OH is 1. The Bertz CT molecular complexity index is 2000. The van der Waals surface area contributed by atoms with Gasteiger partial charge >= 0.3 is 39.5 Å². The second kappa shape index (κ2) is 78.7.